The fourth-order valence-electron chi connectivity index (χ4n) is 3.55. The molecule has 3 rings (SSSR count). The molecule has 4 heteroatoms. The Bertz CT molecular complexity index is 851. The Balaban J connectivity index is 2.07. The van der Waals surface area contributed by atoms with Gasteiger partial charge in [0.25, 0.3) is 0 Å². The summed E-state index contributed by atoms with van der Waals surface area (Å²) in [5.41, 5.74) is 10.1. The number of carbonyl (C=O) groups excluding carboxylic acids is 1. The van der Waals surface area contributed by atoms with Gasteiger partial charge in [-0.15, -0.1) is 0 Å². The molecule has 0 unspecified atom stereocenters. The van der Waals surface area contributed by atoms with Gasteiger partial charge in [0.2, 0.25) is 0 Å². The number of anilines is 1. The zero-order valence-corrected chi connectivity index (χ0v) is 15.6. The predicted octanol–water partition coefficient (Wildman–Crippen LogP) is 4.21. The fourth-order valence-corrected chi connectivity index (χ4v) is 3.55. The molecule has 0 aliphatic carbocycles. The molecule has 0 bridgehead atoms. The third-order valence-corrected chi connectivity index (χ3v) is 5.34. The van der Waals surface area contributed by atoms with E-state index in [9.17, 15) is 4.79 Å². The van der Waals surface area contributed by atoms with Crippen LogP contribution in [0.2, 0.25) is 0 Å². The zero-order valence-electron chi connectivity index (χ0n) is 15.6. The summed E-state index contributed by atoms with van der Waals surface area (Å²) in [7, 11) is 1.65. The van der Waals surface area contributed by atoms with Crippen molar-refractivity contribution in [3.05, 3.63) is 65.2 Å². The van der Waals surface area contributed by atoms with Crippen LogP contribution in [-0.2, 0) is 6.42 Å². The number of rotatable bonds is 5. The number of ether oxygens (including phenoxy) is 1. The summed E-state index contributed by atoms with van der Waals surface area (Å²) >= 11 is 0. The maximum atomic E-state index is 12.8. The van der Waals surface area contributed by atoms with Crippen molar-refractivity contribution in [2.75, 3.05) is 12.8 Å². The number of carbonyl (C=O) groups is 1. The molecule has 0 aromatic heterocycles. The van der Waals surface area contributed by atoms with E-state index in [1.165, 1.54) is 5.56 Å². The number of nitrogen functional groups attached to an aromatic ring is 1. The van der Waals surface area contributed by atoms with E-state index in [2.05, 4.69) is 25.2 Å². The van der Waals surface area contributed by atoms with Crippen LogP contribution in [0, 0.1) is 0 Å². The summed E-state index contributed by atoms with van der Waals surface area (Å²) in [6, 6.07) is 13.2. The lowest BCUT2D eigenvalue weighted by Crippen LogP contribution is -2.48. The van der Waals surface area contributed by atoms with E-state index in [4.69, 9.17) is 10.5 Å². The standard InChI is InChI=1S/C22H26N2O2/c1-4-22(5-2)14-16-9-10-18(26-3)12-19(16)20(24-22)13-21(25)15-7-6-8-17(23)11-15/h6-13,24H,4-5,14,23H2,1-3H3. The van der Waals surface area contributed by atoms with Crippen molar-refractivity contribution in [3.8, 4) is 5.75 Å². The molecule has 3 N–H and O–H groups in total. The average molecular weight is 350 g/mol. The van der Waals surface area contributed by atoms with Crippen LogP contribution in [0.3, 0.4) is 0 Å². The molecule has 1 heterocycles. The summed E-state index contributed by atoms with van der Waals surface area (Å²) in [6.45, 7) is 4.37. The number of nitrogens with one attached hydrogen (secondary N) is 1. The number of fused-ring (bicyclic) bond motifs is 1. The Kier molecular flexibility index (Phi) is 5.03. The highest BCUT2D eigenvalue weighted by atomic mass is 16.5. The first-order valence-corrected chi connectivity index (χ1v) is 9.07. The number of hydrogen-bond donors (Lipinski definition) is 2. The SMILES string of the molecule is CCC1(CC)Cc2ccc(OC)cc2C(=CC(=O)c2cccc(N)c2)N1. The van der Waals surface area contributed by atoms with Gasteiger partial charge in [0, 0.05) is 34.1 Å². The van der Waals surface area contributed by atoms with E-state index in [0.29, 0.717) is 11.3 Å². The molecule has 0 saturated heterocycles. The summed E-state index contributed by atoms with van der Waals surface area (Å²) < 4.78 is 5.38. The topological polar surface area (TPSA) is 64.3 Å². The average Bonchev–Trinajstić information content (AvgIpc) is 2.67. The molecule has 2 aromatic rings. The molecule has 1 aliphatic rings. The summed E-state index contributed by atoms with van der Waals surface area (Å²) in [4.78, 5) is 12.8. The second kappa shape index (κ2) is 7.24. The molecular formula is C22H26N2O2. The molecule has 1 aliphatic heterocycles. The molecule has 0 amide bonds. The molecule has 136 valence electrons. The van der Waals surface area contributed by atoms with Crippen LogP contribution in [0.5, 0.6) is 5.75 Å². The van der Waals surface area contributed by atoms with Gasteiger partial charge in [-0.2, -0.15) is 0 Å². The minimum absolute atomic E-state index is 0.0383. The van der Waals surface area contributed by atoms with Crippen molar-refractivity contribution in [2.24, 2.45) is 0 Å². The fraction of sp³-hybridized carbons (Fsp3) is 0.318. The minimum Gasteiger partial charge on any atom is -0.497 e. The van der Waals surface area contributed by atoms with E-state index >= 15 is 0 Å². The lowest BCUT2D eigenvalue weighted by atomic mass is 9.79. The Morgan fingerprint density at radius 2 is 2.00 bits per heavy atom. The maximum absolute atomic E-state index is 12.8. The number of methoxy groups -OCH3 is 1. The van der Waals surface area contributed by atoms with Gasteiger partial charge < -0.3 is 15.8 Å². The number of ketones is 1. The summed E-state index contributed by atoms with van der Waals surface area (Å²) in [5, 5.41) is 3.64. The Labute approximate surface area is 155 Å². The van der Waals surface area contributed by atoms with Crippen molar-refractivity contribution >= 4 is 17.2 Å². The quantitative estimate of drug-likeness (QED) is 0.482. The van der Waals surface area contributed by atoms with Crippen molar-refractivity contribution in [1.82, 2.24) is 5.32 Å². The first kappa shape index (κ1) is 18.1. The molecule has 0 fully saturated rings. The largest absolute Gasteiger partial charge is 0.497 e. The smallest absolute Gasteiger partial charge is 0.187 e. The molecular weight excluding hydrogens is 324 g/mol. The lowest BCUT2D eigenvalue weighted by molar-refractivity contribution is 0.104. The van der Waals surface area contributed by atoms with Gasteiger partial charge >= 0.3 is 0 Å². The predicted molar refractivity (Wildman–Crippen MR) is 106 cm³/mol. The number of hydrogen-bond acceptors (Lipinski definition) is 4. The molecule has 0 atom stereocenters. The highest BCUT2D eigenvalue weighted by molar-refractivity contribution is 6.09. The molecule has 0 radical (unpaired) electrons. The first-order chi connectivity index (χ1) is 12.5. The summed E-state index contributed by atoms with van der Waals surface area (Å²) in [6.07, 6.45) is 4.59. The van der Waals surface area contributed by atoms with Gasteiger partial charge in [0.05, 0.1) is 7.11 Å². The van der Waals surface area contributed by atoms with Crippen molar-refractivity contribution in [3.63, 3.8) is 0 Å². The Morgan fingerprint density at radius 1 is 1.23 bits per heavy atom. The van der Waals surface area contributed by atoms with Crippen LogP contribution in [-0.4, -0.2) is 18.4 Å². The second-order valence-electron chi connectivity index (χ2n) is 6.86. The van der Waals surface area contributed by atoms with E-state index in [1.807, 2.05) is 12.1 Å². The Hall–Kier alpha value is -2.75. The van der Waals surface area contributed by atoms with Gasteiger partial charge in [-0.1, -0.05) is 32.0 Å². The molecule has 4 nitrogen and oxygen atoms in total. The van der Waals surface area contributed by atoms with E-state index < -0.39 is 0 Å². The van der Waals surface area contributed by atoms with E-state index in [-0.39, 0.29) is 11.3 Å². The Morgan fingerprint density at radius 3 is 2.65 bits per heavy atom. The summed E-state index contributed by atoms with van der Waals surface area (Å²) in [5.74, 6) is 0.727. The van der Waals surface area contributed by atoms with Gasteiger partial charge in [0.15, 0.2) is 5.78 Å². The third kappa shape index (κ3) is 3.45. The molecule has 0 saturated carbocycles. The van der Waals surface area contributed by atoms with E-state index in [0.717, 1.165) is 36.3 Å². The van der Waals surface area contributed by atoms with Crippen LogP contribution >= 0.6 is 0 Å². The highest BCUT2D eigenvalue weighted by Gasteiger charge is 2.33. The lowest BCUT2D eigenvalue weighted by Gasteiger charge is -2.40. The number of allylic oxidation sites excluding steroid dienone is 1. The third-order valence-electron chi connectivity index (χ3n) is 5.34. The normalized spacial score (nSPS) is 16.7. The van der Waals surface area contributed by atoms with Crippen LogP contribution in [0.15, 0.2) is 48.5 Å². The number of benzene rings is 2. The molecule has 0 spiro atoms. The van der Waals surface area contributed by atoms with Gasteiger partial charge in [0.1, 0.15) is 5.75 Å². The maximum Gasteiger partial charge on any atom is 0.187 e. The van der Waals surface area contributed by atoms with Gasteiger partial charge in [-0.3, -0.25) is 4.79 Å². The van der Waals surface area contributed by atoms with Crippen LogP contribution < -0.4 is 15.8 Å². The van der Waals surface area contributed by atoms with Gasteiger partial charge in [-0.05, 0) is 49.1 Å². The monoisotopic (exact) mass is 350 g/mol. The van der Waals surface area contributed by atoms with Crippen LogP contribution in [0.1, 0.15) is 48.2 Å². The van der Waals surface area contributed by atoms with Crippen molar-refractivity contribution in [1.29, 1.82) is 0 Å². The highest BCUT2D eigenvalue weighted by Crippen LogP contribution is 2.35. The van der Waals surface area contributed by atoms with Gasteiger partial charge in [-0.25, -0.2) is 0 Å². The second-order valence-corrected chi connectivity index (χ2v) is 6.86. The van der Waals surface area contributed by atoms with Crippen LogP contribution in [0.25, 0.3) is 5.70 Å². The first-order valence-electron chi connectivity index (χ1n) is 9.07. The number of nitrogens with two attached hydrogens (primary N) is 1. The van der Waals surface area contributed by atoms with Crippen LogP contribution in [0.4, 0.5) is 5.69 Å². The molecule has 2 aromatic carbocycles. The molecule has 26 heavy (non-hydrogen) atoms. The zero-order chi connectivity index (χ0) is 18.7. The van der Waals surface area contributed by atoms with E-state index in [1.54, 1.807) is 37.5 Å². The minimum atomic E-state index is -0.0587. The van der Waals surface area contributed by atoms with Crippen molar-refractivity contribution in [2.45, 2.75) is 38.6 Å². The van der Waals surface area contributed by atoms with Crippen molar-refractivity contribution < 1.29 is 9.53 Å².